The number of hydrogen-bond acceptors (Lipinski definition) is 1. The zero-order valence-electron chi connectivity index (χ0n) is 13.5. The van der Waals surface area contributed by atoms with E-state index < -0.39 is 0 Å². The van der Waals surface area contributed by atoms with Crippen molar-refractivity contribution in [3.8, 4) is 0 Å². The molecule has 2 rings (SSSR count). The molecule has 0 radical (unpaired) electrons. The Morgan fingerprint density at radius 3 is 2.05 bits per heavy atom. The minimum atomic E-state index is -0.141. The summed E-state index contributed by atoms with van der Waals surface area (Å²) in [4.78, 5) is 0. The van der Waals surface area contributed by atoms with E-state index in [9.17, 15) is 4.39 Å². The van der Waals surface area contributed by atoms with Crippen LogP contribution in [-0.2, 0) is 5.54 Å². The Bertz CT molecular complexity index is 395. The molecule has 1 aliphatic carbocycles. The van der Waals surface area contributed by atoms with Gasteiger partial charge in [-0.2, -0.15) is 0 Å². The Morgan fingerprint density at radius 2 is 1.48 bits per heavy atom. The van der Waals surface area contributed by atoms with Crippen LogP contribution in [-0.4, -0.2) is 6.54 Å². The van der Waals surface area contributed by atoms with E-state index in [2.05, 4.69) is 12.2 Å². The summed E-state index contributed by atoms with van der Waals surface area (Å²) in [5.41, 5.74) is 1.41. The first-order valence-corrected chi connectivity index (χ1v) is 8.78. The van der Waals surface area contributed by atoms with Crippen LogP contribution in [0.15, 0.2) is 24.3 Å². The highest BCUT2D eigenvalue weighted by Crippen LogP contribution is 2.45. The minimum absolute atomic E-state index is 0.141. The Morgan fingerprint density at radius 1 is 0.905 bits per heavy atom. The van der Waals surface area contributed by atoms with Crippen molar-refractivity contribution < 1.29 is 4.39 Å². The molecule has 1 fully saturated rings. The Hall–Kier alpha value is -0.890. The van der Waals surface area contributed by atoms with Crippen LogP contribution in [0.2, 0.25) is 0 Å². The molecule has 0 unspecified atom stereocenters. The SMILES string of the molecule is CCCCCCCCCCNC1(c2ccc(F)cc2)CC1. The van der Waals surface area contributed by atoms with Crippen molar-refractivity contribution in [2.45, 2.75) is 76.7 Å². The van der Waals surface area contributed by atoms with Gasteiger partial charge in [-0.15, -0.1) is 0 Å². The van der Waals surface area contributed by atoms with Gasteiger partial charge in [-0.1, -0.05) is 64.0 Å². The molecule has 1 saturated carbocycles. The molecule has 0 saturated heterocycles. The maximum absolute atomic E-state index is 13.0. The standard InChI is InChI=1S/C19H30FN/c1-2-3-4-5-6-7-8-9-16-21-19(14-15-19)17-10-12-18(20)13-11-17/h10-13,21H,2-9,14-16H2,1H3. The molecule has 21 heavy (non-hydrogen) atoms. The lowest BCUT2D eigenvalue weighted by Gasteiger charge is -2.18. The Labute approximate surface area is 129 Å². The molecule has 0 atom stereocenters. The van der Waals surface area contributed by atoms with Gasteiger partial charge in [0.15, 0.2) is 0 Å². The van der Waals surface area contributed by atoms with Crippen LogP contribution in [0.25, 0.3) is 0 Å². The zero-order valence-corrected chi connectivity index (χ0v) is 13.5. The molecule has 1 aromatic rings. The second-order valence-electron chi connectivity index (χ2n) is 6.49. The van der Waals surface area contributed by atoms with E-state index in [1.807, 2.05) is 12.1 Å². The van der Waals surface area contributed by atoms with Gasteiger partial charge in [-0.05, 0) is 43.5 Å². The number of nitrogens with one attached hydrogen (secondary N) is 1. The molecule has 2 heteroatoms. The second-order valence-corrected chi connectivity index (χ2v) is 6.49. The molecule has 1 aliphatic rings. The fourth-order valence-corrected chi connectivity index (χ4v) is 3.05. The summed E-state index contributed by atoms with van der Waals surface area (Å²) in [6.07, 6.45) is 13.3. The first-order chi connectivity index (χ1) is 10.3. The van der Waals surface area contributed by atoms with Crippen LogP contribution in [0.4, 0.5) is 4.39 Å². The van der Waals surface area contributed by atoms with Crippen molar-refractivity contribution in [2.75, 3.05) is 6.54 Å². The first kappa shape index (κ1) is 16.5. The van der Waals surface area contributed by atoms with E-state index in [4.69, 9.17) is 0 Å². The third kappa shape index (κ3) is 5.43. The summed E-state index contributed by atoms with van der Waals surface area (Å²) in [6.45, 7) is 3.35. The highest BCUT2D eigenvalue weighted by atomic mass is 19.1. The lowest BCUT2D eigenvalue weighted by molar-refractivity contribution is 0.488. The smallest absolute Gasteiger partial charge is 0.123 e. The predicted octanol–water partition coefficient (Wildman–Crippen LogP) is 5.55. The highest BCUT2D eigenvalue weighted by Gasteiger charge is 2.43. The largest absolute Gasteiger partial charge is 0.307 e. The number of unbranched alkanes of at least 4 members (excludes halogenated alkanes) is 7. The van der Waals surface area contributed by atoms with E-state index in [1.165, 1.54) is 69.8 Å². The molecule has 118 valence electrons. The van der Waals surface area contributed by atoms with Gasteiger partial charge in [0.25, 0.3) is 0 Å². The molecular formula is C19H30FN. The third-order valence-electron chi connectivity index (χ3n) is 4.64. The summed E-state index contributed by atoms with van der Waals surface area (Å²) >= 11 is 0. The average Bonchev–Trinajstić information content (AvgIpc) is 3.27. The van der Waals surface area contributed by atoms with Crippen molar-refractivity contribution >= 4 is 0 Å². The monoisotopic (exact) mass is 291 g/mol. The summed E-state index contributed by atoms with van der Waals surface area (Å²) in [5.74, 6) is -0.141. The summed E-state index contributed by atoms with van der Waals surface area (Å²) in [6, 6.07) is 7.02. The van der Waals surface area contributed by atoms with Gasteiger partial charge in [0.05, 0.1) is 0 Å². The van der Waals surface area contributed by atoms with Crippen molar-refractivity contribution in [3.63, 3.8) is 0 Å². The molecule has 0 aromatic heterocycles. The van der Waals surface area contributed by atoms with E-state index in [1.54, 1.807) is 12.1 Å². The molecule has 0 amide bonds. The van der Waals surface area contributed by atoms with Gasteiger partial charge in [-0.25, -0.2) is 4.39 Å². The average molecular weight is 291 g/mol. The topological polar surface area (TPSA) is 12.0 Å². The predicted molar refractivity (Wildman–Crippen MR) is 87.9 cm³/mol. The lowest BCUT2D eigenvalue weighted by Crippen LogP contribution is -2.29. The van der Waals surface area contributed by atoms with E-state index in [0.717, 1.165) is 6.54 Å². The number of rotatable bonds is 11. The Balaban J connectivity index is 1.55. The van der Waals surface area contributed by atoms with Crippen LogP contribution in [0.3, 0.4) is 0 Å². The van der Waals surface area contributed by atoms with Crippen LogP contribution in [0.1, 0.15) is 76.7 Å². The normalized spacial score (nSPS) is 16.1. The van der Waals surface area contributed by atoms with Gasteiger partial charge in [0.1, 0.15) is 5.82 Å². The maximum atomic E-state index is 13.0. The fourth-order valence-electron chi connectivity index (χ4n) is 3.05. The van der Waals surface area contributed by atoms with E-state index in [-0.39, 0.29) is 11.4 Å². The van der Waals surface area contributed by atoms with Gasteiger partial charge in [-0.3, -0.25) is 0 Å². The van der Waals surface area contributed by atoms with Crippen molar-refractivity contribution in [2.24, 2.45) is 0 Å². The molecule has 0 aliphatic heterocycles. The second kappa shape index (κ2) is 8.53. The summed E-state index contributed by atoms with van der Waals surface area (Å²) < 4.78 is 13.0. The summed E-state index contributed by atoms with van der Waals surface area (Å²) in [5, 5.41) is 3.69. The quantitative estimate of drug-likeness (QED) is 0.527. The third-order valence-corrected chi connectivity index (χ3v) is 4.64. The van der Waals surface area contributed by atoms with Crippen molar-refractivity contribution in [1.29, 1.82) is 0 Å². The van der Waals surface area contributed by atoms with E-state index >= 15 is 0 Å². The van der Waals surface area contributed by atoms with Crippen LogP contribution in [0, 0.1) is 5.82 Å². The molecule has 0 spiro atoms. The van der Waals surface area contributed by atoms with Gasteiger partial charge in [0, 0.05) is 5.54 Å². The van der Waals surface area contributed by atoms with Crippen LogP contribution < -0.4 is 5.32 Å². The van der Waals surface area contributed by atoms with E-state index in [0.29, 0.717) is 0 Å². The van der Waals surface area contributed by atoms with Gasteiger partial charge >= 0.3 is 0 Å². The lowest BCUT2D eigenvalue weighted by atomic mass is 10.0. The van der Waals surface area contributed by atoms with Crippen molar-refractivity contribution in [3.05, 3.63) is 35.6 Å². The summed E-state index contributed by atoms with van der Waals surface area (Å²) in [7, 11) is 0. The van der Waals surface area contributed by atoms with Crippen molar-refractivity contribution in [1.82, 2.24) is 5.32 Å². The molecule has 1 nitrogen and oxygen atoms in total. The molecule has 0 heterocycles. The van der Waals surface area contributed by atoms with Crippen LogP contribution in [0.5, 0.6) is 0 Å². The zero-order chi connectivity index (χ0) is 15.0. The number of benzene rings is 1. The number of hydrogen-bond donors (Lipinski definition) is 1. The number of halogens is 1. The highest BCUT2D eigenvalue weighted by molar-refractivity contribution is 5.30. The van der Waals surface area contributed by atoms with Gasteiger partial charge < -0.3 is 5.32 Å². The minimum Gasteiger partial charge on any atom is -0.307 e. The molecule has 1 N–H and O–H groups in total. The molecule has 0 bridgehead atoms. The Kier molecular flexibility index (Phi) is 6.69. The first-order valence-electron chi connectivity index (χ1n) is 8.78. The fraction of sp³-hybridized carbons (Fsp3) is 0.684. The molecule has 1 aromatic carbocycles. The maximum Gasteiger partial charge on any atom is 0.123 e. The van der Waals surface area contributed by atoms with Crippen LogP contribution >= 0.6 is 0 Å². The molecular weight excluding hydrogens is 261 g/mol. The van der Waals surface area contributed by atoms with Gasteiger partial charge in [0.2, 0.25) is 0 Å².